The van der Waals surface area contributed by atoms with Crippen LogP contribution >= 0.6 is 11.6 Å². The van der Waals surface area contributed by atoms with Crippen molar-refractivity contribution in [1.29, 1.82) is 0 Å². The van der Waals surface area contributed by atoms with Gasteiger partial charge in [0.1, 0.15) is 0 Å². The summed E-state index contributed by atoms with van der Waals surface area (Å²) in [6.07, 6.45) is -1.94. The molecule has 15 heavy (non-hydrogen) atoms. The average Bonchev–Trinajstić information content (AvgIpc) is 2.49. The Hall–Kier alpha value is -0.750. The van der Waals surface area contributed by atoms with Gasteiger partial charge in [-0.1, -0.05) is 18.5 Å². The zero-order valence-electron chi connectivity index (χ0n) is 8.00. The predicted octanol–water partition coefficient (Wildman–Crippen LogP) is 2.38. The Kier molecular flexibility index (Phi) is 3.62. The van der Waals surface area contributed by atoms with Gasteiger partial charge in [-0.15, -0.1) is 0 Å². The maximum Gasteiger partial charge on any atom is 0.412 e. The number of alkyl halides is 3. The zero-order valence-corrected chi connectivity index (χ0v) is 8.76. The Morgan fingerprint density at radius 2 is 2.20 bits per heavy atom. The average molecular weight is 242 g/mol. The molecule has 1 rings (SSSR count). The lowest BCUT2D eigenvalue weighted by molar-refractivity contribution is -0.175. The highest BCUT2D eigenvalue weighted by Crippen LogP contribution is 2.33. The van der Waals surface area contributed by atoms with Crippen molar-refractivity contribution in [2.24, 2.45) is 5.73 Å². The first-order valence-electron chi connectivity index (χ1n) is 4.38. The molecule has 2 N–H and O–H groups in total. The first-order chi connectivity index (χ1) is 6.86. The molecule has 1 aromatic rings. The van der Waals surface area contributed by atoms with Gasteiger partial charge in [-0.3, -0.25) is 4.68 Å². The Labute approximate surface area is 90.0 Å². The van der Waals surface area contributed by atoms with Gasteiger partial charge in [-0.2, -0.15) is 18.3 Å². The summed E-state index contributed by atoms with van der Waals surface area (Å²) < 4.78 is 38.8. The van der Waals surface area contributed by atoms with Crippen LogP contribution in [0.25, 0.3) is 0 Å². The smallest absolute Gasteiger partial charge is 0.326 e. The van der Waals surface area contributed by atoms with Gasteiger partial charge >= 0.3 is 6.18 Å². The second-order valence-corrected chi connectivity index (χ2v) is 3.63. The summed E-state index contributed by atoms with van der Waals surface area (Å²) >= 11 is 5.51. The van der Waals surface area contributed by atoms with Crippen molar-refractivity contribution >= 4 is 11.6 Å². The Bertz CT molecular complexity index is 323. The minimum atomic E-state index is -4.43. The third-order valence-corrected chi connectivity index (χ3v) is 2.26. The van der Waals surface area contributed by atoms with Gasteiger partial charge < -0.3 is 5.73 Å². The molecule has 0 fully saturated rings. The molecule has 2 atom stereocenters. The highest BCUT2D eigenvalue weighted by molar-refractivity contribution is 6.30. The molecule has 0 saturated heterocycles. The van der Waals surface area contributed by atoms with Crippen LogP contribution in [-0.2, 0) is 0 Å². The van der Waals surface area contributed by atoms with E-state index in [0.29, 0.717) is 0 Å². The summed E-state index contributed by atoms with van der Waals surface area (Å²) in [5.74, 6) is 0. The number of rotatable bonds is 3. The second-order valence-electron chi connectivity index (χ2n) is 3.20. The predicted molar refractivity (Wildman–Crippen MR) is 50.6 cm³/mol. The Morgan fingerprint density at radius 3 is 2.53 bits per heavy atom. The first-order valence-corrected chi connectivity index (χ1v) is 4.76. The molecule has 0 aromatic carbocycles. The molecule has 0 radical (unpaired) electrons. The van der Waals surface area contributed by atoms with Crippen molar-refractivity contribution in [2.45, 2.75) is 31.6 Å². The first kappa shape index (κ1) is 12.3. The Morgan fingerprint density at radius 1 is 1.60 bits per heavy atom. The minimum absolute atomic E-state index is 0.160. The van der Waals surface area contributed by atoms with Crippen molar-refractivity contribution in [2.75, 3.05) is 0 Å². The molecular weight excluding hydrogens is 231 g/mol. The number of aromatic nitrogens is 2. The largest absolute Gasteiger partial charge is 0.412 e. The second kappa shape index (κ2) is 4.40. The standard InChI is InChI=1S/C8H11ClF3N3/c1-2-6(13)7(8(10,11)12)15-4-5(9)3-14-15/h3-4,6-7H,2,13H2,1H3. The van der Waals surface area contributed by atoms with Crippen LogP contribution in [0.4, 0.5) is 13.2 Å². The maximum atomic E-state index is 12.7. The molecule has 86 valence electrons. The fourth-order valence-electron chi connectivity index (χ4n) is 1.28. The van der Waals surface area contributed by atoms with Gasteiger partial charge in [0, 0.05) is 12.2 Å². The molecule has 1 aromatic heterocycles. The van der Waals surface area contributed by atoms with Gasteiger partial charge in [-0.25, -0.2) is 0 Å². The normalized spacial score (nSPS) is 16.4. The summed E-state index contributed by atoms with van der Waals surface area (Å²) in [5, 5.41) is 3.70. The van der Waals surface area contributed by atoms with Crippen LogP contribution in [0.1, 0.15) is 19.4 Å². The molecule has 0 aliphatic carbocycles. The molecule has 7 heteroatoms. The number of nitrogens with two attached hydrogens (primary N) is 1. The lowest BCUT2D eigenvalue weighted by Crippen LogP contribution is -2.41. The van der Waals surface area contributed by atoms with E-state index in [1.54, 1.807) is 6.92 Å². The molecule has 3 nitrogen and oxygen atoms in total. The third kappa shape index (κ3) is 2.85. The van der Waals surface area contributed by atoms with E-state index < -0.39 is 18.3 Å². The number of halogens is 4. The highest BCUT2D eigenvalue weighted by atomic mass is 35.5. The van der Waals surface area contributed by atoms with E-state index in [2.05, 4.69) is 5.10 Å². The van der Waals surface area contributed by atoms with E-state index >= 15 is 0 Å². The van der Waals surface area contributed by atoms with Crippen molar-refractivity contribution in [3.8, 4) is 0 Å². The lowest BCUT2D eigenvalue weighted by atomic mass is 10.1. The number of nitrogens with zero attached hydrogens (tertiary/aromatic N) is 2. The summed E-state index contributed by atoms with van der Waals surface area (Å²) in [4.78, 5) is 0. The van der Waals surface area contributed by atoms with E-state index in [1.807, 2.05) is 0 Å². The van der Waals surface area contributed by atoms with Crippen LogP contribution in [0.15, 0.2) is 12.4 Å². The van der Waals surface area contributed by atoms with E-state index in [0.717, 1.165) is 17.1 Å². The lowest BCUT2D eigenvalue weighted by Gasteiger charge is -2.25. The fraction of sp³-hybridized carbons (Fsp3) is 0.625. The maximum absolute atomic E-state index is 12.7. The zero-order chi connectivity index (χ0) is 11.6. The highest BCUT2D eigenvalue weighted by Gasteiger charge is 2.44. The number of hydrogen-bond donors (Lipinski definition) is 1. The van der Waals surface area contributed by atoms with Crippen LogP contribution in [0, 0.1) is 0 Å². The summed E-state index contributed by atoms with van der Waals surface area (Å²) in [7, 11) is 0. The molecule has 2 unspecified atom stereocenters. The van der Waals surface area contributed by atoms with Gasteiger partial charge in [0.25, 0.3) is 0 Å². The van der Waals surface area contributed by atoms with E-state index in [9.17, 15) is 13.2 Å². The summed E-state index contributed by atoms with van der Waals surface area (Å²) in [6.45, 7) is 1.59. The number of hydrogen-bond acceptors (Lipinski definition) is 2. The molecule has 0 aliphatic rings. The van der Waals surface area contributed by atoms with Crippen LogP contribution in [0.5, 0.6) is 0 Å². The van der Waals surface area contributed by atoms with Crippen LogP contribution < -0.4 is 5.73 Å². The topological polar surface area (TPSA) is 43.8 Å². The SMILES string of the molecule is CCC(N)C(n1cc(Cl)cn1)C(F)(F)F. The van der Waals surface area contributed by atoms with E-state index in [4.69, 9.17) is 17.3 Å². The monoisotopic (exact) mass is 241 g/mol. The summed E-state index contributed by atoms with van der Waals surface area (Å²) in [6, 6.07) is -2.85. The molecule has 0 saturated carbocycles. The van der Waals surface area contributed by atoms with Crippen LogP contribution in [0.2, 0.25) is 5.02 Å². The van der Waals surface area contributed by atoms with Crippen molar-refractivity contribution in [3.05, 3.63) is 17.4 Å². The molecule has 0 aliphatic heterocycles. The van der Waals surface area contributed by atoms with Crippen molar-refractivity contribution in [1.82, 2.24) is 9.78 Å². The van der Waals surface area contributed by atoms with Gasteiger partial charge in [0.2, 0.25) is 0 Å². The van der Waals surface area contributed by atoms with Gasteiger partial charge in [0.05, 0.1) is 11.2 Å². The van der Waals surface area contributed by atoms with Crippen molar-refractivity contribution in [3.63, 3.8) is 0 Å². The summed E-state index contributed by atoms with van der Waals surface area (Å²) in [5.41, 5.74) is 5.42. The van der Waals surface area contributed by atoms with E-state index in [-0.39, 0.29) is 11.4 Å². The van der Waals surface area contributed by atoms with Crippen molar-refractivity contribution < 1.29 is 13.2 Å². The van der Waals surface area contributed by atoms with Crippen LogP contribution in [0.3, 0.4) is 0 Å². The molecule has 0 amide bonds. The van der Waals surface area contributed by atoms with Crippen LogP contribution in [-0.4, -0.2) is 22.0 Å². The van der Waals surface area contributed by atoms with Gasteiger partial charge in [0.15, 0.2) is 6.04 Å². The Balaban J connectivity index is 3.01. The third-order valence-electron chi connectivity index (χ3n) is 2.07. The van der Waals surface area contributed by atoms with Gasteiger partial charge in [-0.05, 0) is 6.42 Å². The minimum Gasteiger partial charge on any atom is -0.326 e. The fourth-order valence-corrected chi connectivity index (χ4v) is 1.42. The quantitative estimate of drug-likeness (QED) is 0.883. The molecular formula is C8H11ClF3N3. The van der Waals surface area contributed by atoms with E-state index in [1.165, 1.54) is 0 Å². The molecule has 0 spiro atoms. The molecule has 1 heterocycles. The molecule has 0 bridgehead atoms.